The molecule has 1 amide bonds. The number of anilines is 1. The molecule has 33 heavy (non-hydrogen) atoms. The van der Waals surface area contributed by atoms with E-state index in [4.69, 9.17) is 16.3 Å². The van der Waals surface area contributed by atoms with Crippen molar-refractivity contribution in [1.82, 2.24) is 14.9 Å². The van der Waals surface area contributed by atoms with Gasteiger partial charge in [-0.15, -0.1) is 0 Å². The molecule has 1 aromatic heterocycles. The molecule has 1 saturated heterocycles. The lowest BCUT2D eigenvalue weighted by molar-refractivity contribution is -0.384. The predicted molar refractivity (Wildman–Crippen MR) is 125 cm³/mol. The minimum atomic E-state index is -0.539. The third kappa shape index (κ3) is 5.04. The lowest BCUT2D eigenvalue weighted by Gasteiger charge is -2.35. The molecular weight excluding hydrogens is 446 g/mol. The van der Waals surface area contributed by atoms with Crippen LogP contribution in [0.4, 0.5) is 11.5 Å². The molecule has 0 saturated carbocycles. The first-order chi connectivity index (χ1) is 16.0. The number of carbonyl (C=O) groups excluding carboxylic acids is 1. The Kier molecular flexibility index (Phi) is 6.69. The van der Waals surface area contributed by atoms with Gasteiger partial charge in [-0.1, -0.05) is 11.6 Å². The second-order valence-electron chi connectivity index (χ2n) is 7.42. The first-order valence-corrected chi connectivity index (χ1v) is 10.9. The van der Waals surface area contributed by atoms with Crippen LogP contribution in [-0.2, 0) is 0 Å². The molecule has 0 atom stereocenters. The summed E-state index contributed by atoms with van der Waals surface area (Å²) in [5, 5.41) is 11.0. The Labute approximate surface area is 195 Å². The Morgan fingerprint density at radius 3 is 2.45 bits per heavy atom. The van der Waals surface area contributed by atoms with Crippen LogP contribution >= 0.6 is 11.6 Å². The van der Waals surface area contributed by atoms with Crippen LogP contribution in [-0.4, -0.2) is 58.5 Å². The molecule has 1 fully saturated rings. The van der Waals surface area contributed by atoms with Gasteiger partial charge in [0.25, 0.3) is 11.6 Å². The van der Waals surface area contributed by atoms with Crippen LogP contribution in [0.3, 0.4) is 0 Å². The summed E-state index contributed by atoms with van der Waals surface area (Å²) in [5.41, 5.74) is 1.88. The topological polar surface area (TPSA) is 102 Å². The molecule has 0 aliphatic carbocycles. The van der Waals surface area contributed by atoms with Gasteiger partial charge in [0.05, 0.1) is 27.8 Å². The van der Waals surface area contributed by atoms with Crippen molar-refractivity contribution in [2.75, 3.05) is 37.7 Å². The van der Waals surface area contributed by atoms with Gasteiger partial charge in [-0.2, -0.15) is 0 Å². The number of halogens is 1. The zero-order valence-corrected chi connectivity index (χ0v) is 18.7. The van der Waals surface area contributed by atoms with Gasteiger partial charge >= 0.3 is 0 Å². The first kappa shape index (κ1) is 22.5. The van der Waals surface area contributed by atoms with E-state index in [9.17, 15) is 14.9 Å². The van der Waals surface area contributed by atoms with E-state index >= 15 is 0 Å². The summed E-state index contributed by atoms with van der Waals surface area (Å²) >= 11 is 6.13. The number of ether oxygens (including phenoxy) is 1. The maximum absolute atomic E-state index is 12.9. The van der Waals surface area contributed by atoms with E-state index in [1.54, 1.807) is 4.90 Å². The molecule has 170 valence electrons. The largest absolute Gasteiger partial charge is 0.494 e. The standard InChI is InChI=1S/C23H22ClN5O4/c1-2-33-18-6-3-16(4-7-18)21-14-22(26-15-25-21)27-9-11-28(12-10-27)23(30)19-8-5-17(29(31)32)13-20(19)24/h3-8,13-15H,2,9-12H2,1H3. The molecule has 1 aliphatic heterocycles. The fraction of sp³-hybridized carbons (Fsp3) is 0.261. The number of hydrogen-bond donors (Lipinski definition) is 0. The minimum absolute atomic E-state index is 0.0763. The molecule has 0 N–H and O–H groups in total. The van der Waals surface area contributed by atoms with Crippen molar-refractivity contribution < 1.29 is 14.5 Å². The number of non-ortho nitro benzene ring substituents is 1. The smallest absolute Gasteiger partial charge is 0.270 e. The first-order valence-electron chi connectivity index (χ1n) is 10.5. The molecule has 1 aliphatic rings. The summed E-state index contributed by atoms with van der Waals surface area (Å²) in [6.07, 6.45) is 1.54. The molecule has 2 heterocycles. The highest BCUT2D eigenvalue weighted by atomic mass is 35.5. The fourth-order valence-electron chi connectivity index (χ4n) is 3.67. The SMILES string of the molecule is CCOc1ccc(-c2cc(N3CCN(C(=O)c4ccc([N+](=O)[O-])cc4Cl)CC3)ncn2)cc1. The molecule has 4 rings (SSSR count). The van der Waals surface area contributed by atoms with Gasteiger partial charge in [0.2, 0.25) is 0 Å². The number of amides is 1. The second-order valence-corrected chi connectivity index (χ2v) is 7.83. The number of aromatic nitrogens is 2. The van der Waals surface area contributed by atoms with E-state index in [-0.39, 0.29) is 22.2 Å². The second kappa shape index (κ2) is 9.83. The van der Waals surface area contributed by atoms with Gasteiger partial charge in [-0.05, 0) is 37.3 Å². The van der Waals surface area contributed by atoms with Crippen molar-refractivity contribution in [3.63, 3.8) is 0 Å². The monoisotopic (exact) mass is 467 g/mol. The van der Waals surface area contributed by atoms with E-state index in [0.717, 1.165) is 22.8 Å². The Balaban J connectivity index is 1.42. The lowest BCUT2D eigenvalue weighted by Crippen LogP contribution is -2.49. The van der Waals surface area contributed by atoms with Crippen molar-refractivity contribution in [2.45, 2.75) is 6.92 Å². The van der Waals surface area contributed by atoms with Crippen molar-refractivity contribution >= 4 is 29.0 Å². The Morgan fingerprint density at radius 2 is 1.82 bits per heavy atom. The average Bonchev–Trinajstić information content (AvgIpc) is 2.84. The van der Waals surface area contributed by atoms with E-state index < -0.39 is 4.92 Å². The van der Waals surface area contributed by atoms with Gasteiger partial charge in [-0.3, -0.25) is 14.9 Å². The van der Waals surface area contributed by atoms with Crippen molar-refractivity contribution in [1.29, 1.82) is 0 Å². The summed E-state index contributed by atoms with van der Waals surface area (Å²) < 4.78 is 5.49. The van der Waals surface area contributed by atoms with Crippen LogP contribution in [0.25, 0.3) is 11.3 Å². The zero-order chi connectivity index (χ0) is 23.4. The number of piperazine rings is 1. The van der Waals surface area contributed by atoms with Crippen LogP contribution in [0.1, 0.15) is 17.3 Å². The average molecular weight is 468 g/mol. The summed E-state index contributed by atoms with van der Waals surface area (Å²) in [7, 11) is 0. The highest BCUT2D eigenvalue weighted by molar-refractivity contribution is 6.34. The zero-order valence-electron chi connectivity index (χ0n) is 18.0. The number of carbonyl (C=O) groups is 1. The van der Waals surface area contributed by atoms with Crippen LogP contribution < -0.4 is 9.64 Å². The van der Waals surface area contributed by atoms with Gasteiger partial charge < -0.3 is 14.5 Å². The molecule has 0 bridgehead atoms. The molecule has 2 aromatic carbocycles. The third-order valence-electron chi connectivity index (χ3n) is 5.40. The number of nitro groups is 1. The van der Waals surface area contributed by atoms with E-state index in [2.05, 4.69) is 14.9 Å². The minimum Gasteiger partial charge on any atom is -0.494 e. The number of hydrogen-bond acceptors (Lipinski definition) is 7. The lowest BCUT2D eigenvalue weighted by atomic mass is 10.1. The Bertz CT molecular complexity index is 1160. The predicted octanol–water partition coefficient (Wildman–Crippen LogP) is 4.07. The maximum Gasteiger partial charge on any atom is 0.270 e. The summed E-state index contributed by atoms with van der Waals surface area (Å²) in [6, 6.07) is 13.6. The van der Waals surface area contributed by atoms with Gasteiger partial charge in [0.1, 0.15) is 17.9 Å². The van der Waals surface area contributed by atoms with Gasteiger partial charge in [-0.25, -0.2) is 9.97 Å². The van der Waals surface area contributed by atoms with E-state index in [0.29, 0.717) is 32.8 Å². The molecule has 0 spiro atoms. The molecule has 3 aromatic rings. The van der Waals surface area contributed by atoms with Crippen molar-refractivity contribution in [2.24, 2.45) is 0 Å². The third-order valence-corrected chi connectivity index (χ3v) is 5.71. The molecule has 9 nitrogen and oxygen atoms in total. The summed E-state index contributed by atoms with van der Waals surface area (Å²) in [4.78, 5) is 35.8. The molecule has 0 unspecified atom stereocenters. The molecule has 0 radical (unpaired) electrons. The Hall–Kier alpha value is -3.72. The van der Waals surface area contributed by atoms with Gasteiger partial charge in [0, 0.05) is 49.9 Å². The van der Waals surface area contributed by atoms with Crippen LogP contribution in [0.5, 0.6) is 5.75 Å². The summed E-state index contributed by atoms with van der Waals surface area (Å²) in [6.45, 7) is 4.70. The van der Waals surface area contributed by atoms with E-state index in [1.165, 1.54) is 24.5 Å². The quantitative estimate of drug-likeness (QED) is 0.397. The summed E-state index contributed by atoms with van der Waals surface area (Å²) in [5.74, 6) is 1.35. The van der Waals surface area contributed by atoms with E-state index in [1.807, 2.05) is 37.3 Å². The Morgan fingerprint density at radius 1 is 1.09 bits per heavy atom. The van der Waals surface area contributed by atoms with Crippen LogP contribution in [0, 0.1) is 10.1 Å². The number of benzene rings is 2. The fourth-order valence-corrected chi connectivity index (χ4v) is 3.92. The van der Waals surface area contributed by atoms with Crippen LogP contribution in [0.15, 0.2) is 54.9 Å². The van der Waals surface area contributed by atoms with Gasteiger partial charge in [0.15, 0.2) is 0 Å². The number of nitro benzene ring substituents is 1. The molecule has 10 heteroatoms. The highest BCUT2D eigenvalue weighted by Crippen LogP contribution is 2.26. The van der Waals surface area contributed by atoms with Crippen LogP contribution in [0.2, 0.25) is 5.02 Å². The number of rotatable bonds is 6. The van der Waals surface area contributed by atoms with Crippen molar-refractivity contribution in [3.8, 4) is 17.0 Å². The highest BCUT2D eigenvalue weighted by Gasteiger charge is 2.25. The normalized spacial score (nSPS) is 13.6. The molecular formula is C23H22ClN5O4. The number of nitrogens with zero attached hydrogens (tertiary/aromatic N) is 5. The van der Waals surface area contributed by atoms with Crippen molar-refractivity contribution in [3.05, 3.63) is 75.6 Å². The maximum atomic E-state index is 12.9.